The highest BCUT2D eigenvalue weighted by atomic mass is 16.6. The molecule has 0 aliphatic rings. The standard InChI is InChI=1S/C23H16N4O5/c28-22(25-16-4-3-5-17(12-16)27(30)31)14-32-23(29)19-13-21(15-8-10-24-11-9-15)26-20-7-2-1-6-18(19)20/h1-13H,14H2,(H,25,28). The lowest BCUT2D eigenvalue weighted by molar-refractivity contribution is -0.384. The molecule has 9 heteroatoms. The number of nitrogens with one attached hydrogen (secondary N) is 1. The Labute approximate surface area is 181 Å². The van der Waals surface area contributed by atoms with Gasteiger partial charge in [0.1, 0.15) is 0 Å². The lowest BCUT2D eigenvalue weighted by Gasteiger charge is -2.10. The minimum Gasteiger partial charge on any atom is -0.452 e. The van der Waals surface area contributed by atoms with Crippen LogP contribution in [0.1, 0.15) is 10.4 Å². The highest BCUT2D eigenvalue weighted by Crippen LogP contribution is 2.25. The van der Waals surface area contributed by atoms with E-state index in [1.165, 1.54) is 24.3 Å². The third kappa shape index (κ3) is 4.57. The number of para-hydroxylation sites is 1. The fourth-order valence-corrected chi connectivity index (χ4v) is 3.12. The van der Waals surface area contributed by atoms with E-state index in [4.69, 9.17) is 4.74 Å². The Balaban J connectivity index is 1.53. The number of benzene rings is 2. The Morgan fingerprint density at radius 1 is 1.00 bits per heavy atom. The zero-order valence-electron chi connectivity index (χ0n) is 16.6. The molecule has 0 unspecified atom stereocenters. The zero-order valence-corrected chi connectivity index (χ0v) is 16.6. The summed E-state index contributed by atoms with van der Waals surface area (Å²) in [5.41, 5.74) is 2.30. The highest BCUT2D eigenvalue weighted by molar-refractivity contribution is 6.05. The molecule has 9 nitrogen and oxygen atoms in total. The molecule has 0 spiro atoms. The van der Waals surface area contributed by atoms with Gasteiger partial charge in [0, 0.05) is 41.2 Å². The molecule has 32 heavy (non-hydrogen) atoms. The Morgan fingerprint density at radius 2 is 1.78 bits per heavy atom. The summed E-state index contributed by atoms with van der Waals surface area (Å²) in [5.74, 6) is -1.31. The molecule has 0 bridgehead atoms. The molecule has 0 saturated carbocycles. The second-order valence-electron chi connectivity index (χ2n) is 6.74. The van der Waals surface area contributed by atoms with Gasteiger partial charge < -0.3 is 10.1 Å². The summed E-state index contributed by atoms with van der Waals surface area (Å²) >= 11 is 0. The number of nitrogens with zero attached hydrogens (tertiary/aromatic N) is 3. The van der Waals surface area contributed by atoms with Crippen LogP contribution in [0.3, 0.4) is 0 Å². The SMILES string of the molecule is O=C(COC(=O)c1cc(-c2ccncc2)nc2ccccc12)Nc1cccc([N+](=O)[O-])c1. The van der Waals surface area contributed by atoms with Gasteiger partial charge in [-0.05, 0) is 30.3 Å². The number of carbonyl (C=O) groups excluding carboxylic acids is 2. The van der Waals surface area contributed by atoms with Gasteiger partial charge in [-0.25, -0.2) is 9.78 Å². The van der Waals surface area contributed by atoms with Gasteiger partial charge in [-0.15, -0.1) is 0 Å². The number of nitro benzene ring substituents is 1. The van der Waals surface area contributed by atoms with E-state index in [2.05, 4.69) is 15.3 Å². The number of ether oxygens (including phenoxy) is 1. The van der Waals surface area contributed by atoms with Gasteiger partial charge in [0.05, 0.1) is 21.7 Å². The molecule has 0 fully saturated rings. The number of rotatable bonds is 6. The average molecular weight is 428 g/mol. The molecule has 0 aliphatic carbocycles. The molecule has 2 aromatic carbocycles. The number of non-ortho nitro benzene ring substituents is 1. The highest BCUT2D eigenvalue weighted by Gasteiger charge is 2.17. The minimum absolute atomic E-state index is 0.160. The molecule has 158 valence electrons. The molecule has 1 amide bonds. The van der Waals surface area contributed by atoms with E-state index in [9.17, 15) is 19.7 Å². The van der Waals surface area contributed by atoms with Gasteiger partial charge in [-0.3, -0.25) is 19.9 Å². The summed E-state index contributed by atoms with van der Waals surface area (Å²) in [6, 6.07) is 17.8. The van der Waals surface area contributed by atoms with Gasteiger partial charge in [0.2, 0.25) is 0 Å². The van der Waals surface area contributed by atoms with E-state index in [0.29, 0.717) is 16.6 Å². The minimum atomic E-state index is -0.687. The molecule has 0 aliphatic heterocycles. The number of amides is 1. The maximum absolute atomic E-state index is 12.8. The number of hydrogen-bond donors (Lipinski definition) is 1. The second kappa shape index (κ2) is 9.00. The first-order chi connectivity index (χ1) is 15.5. The maximum Gasteiger partial charge on any atom is 0.339 e. The van der Waals surface area contributed by atoms with Crippen LogP contribution < -0.4 is 5.32 Å². The first kappa shape index (κ1) is 20.6. The molecule has 0 saturated heterocycles. The van der Waals surface area contributed by atoms with Gasteiger partial charge in [-0.1, -0.05) is 24.3 Å². The van der Waals surface area contributed by atoms with Crippen LogP contribution in [0.15, 0.2) is 79.1 Å². The van der Waals surface area contributed by atoms with Crippen LogP contribution in [-0.4, -0.2) is 33.4 Å². The van der Waals surface area contributed by atoms with Crippen LogP contribution in [0.4, 0.5) is 11.4 Å². The van der Waals surface area contributed by atoms with Crippen molar-refractivity contribution in [2.75, 3.05) is 11.9 Å². The Bertz CT molecular complexity index is 1320. The number of aromatic nitrogens is 2. The number of carbonyl (C=O) groups is 2. The van der Waals surface area contributed by atoms with Crippen molar-refractivity contribution in [3.63, 3.8) is 0 Å². The summed E-state index contributed by atoms with van der Waals surface area (Å²) in [6.45, 7) is -0.553. The van der Waals surface area contributed by atoms with E-state index < -0.39 is 23.4 Å². The van der Waals surface area contributed by atoms with Crippen LogP contribution in [0.25, 0.3) is 22.2 Å². The molecular formula is C23H16N4O5. The molecule has 2 aromatic heterocycles. The maximum atomic E-state index is 12.8. The van der Waals surface area contributed by atoms with Crippen molar-refractivity contribution in [2.45, 2.75) is 0 Å². The van der Waals surface area contributed by atoms with E-state index in [0.717, 1.165) is 5.56 Å². The van der Waals surface area contributed by atoms with Crippen LogP contribution in [0.2, 0.25) is 0 Å². The predicted molar refractivity (Wildman–Crippen MR) is 117 cm³/mol. The van der Waals surface area contributed by atoms with Gasteiger partial charge in [-0.2, -0.15) is 0 Å². The van der Waals surface area contributed by atoms with Crippen molar-refractivity contribution in [3.8, 4) is 11.3 Å². The number of pyridine rings is 2. The second-order valence-corrected chi connectivity index (χ2v) is 6.74. The van der Waals surface area contributed by atoms with Gasteiger partial charge in [0.25, 0.3) is 11.6 Å². The third-order valence-corrected chi connectivity index (χ3v) is 4.59. The number of hydrogen-bond acceptors (Lipinski definition) is 7. The van der Waals surface area contributed by atoms with Crippen molar-refractivity contribution >= 4 is 34.2 Å². The topological polar surface area (TPSA) is 124 Å². The zero-order chi connectivity index (χ0) is 22.5. The average Bonchev–Trinajstić information content (AvgIpc) is 2.82. The molecule has 4 rings (SSSR count). The molecule has 0 radical (unpaired) electrons. The smallest absolute Gasteiger partial charge is 0.339 e. The monoisotopic (exact) mass is 428 g/mol. The third-order valence-electron chi connectivity index (χ3n) is 4.59. The fraction of sp³-hybridized carbons (Fsp3) is 0.0435. The summed E-state index contributed by atoms with van der Waals surface area (Å²) in [6.07, 6.45) is 3.25. The normalized spacial score (nSPS) is 10.5. The number of fused-ring (bicyclic) bond motifs is 1. The van der Waals surface area contributed by atoms with Gasteiger partial charge in [0.15, 0.2) is 6.61 Å². The summed E-state index contributed by atoms with van der Waals surface area (Å²) in [5, 5.41) is 13.9. The fourth-order valence-electron chi connectivity index (χ4n) is 3.12. The lowest BCUT2D eigenvalue weighted by Crippen LogP contribution is -2.21. The van der Waals surface area contributed by atoms with Crippen molar-refractivity contribution in [1.82, 2.24) is 9.97 Å². The number of esters is 1. The summed E-state index contributed by atoms with van der Waals surface area (Å²) < 4.78 is 5.21. The van der Waals surface area contributed by atoms with Crippen molar-refractivity contribution in [2.24, 2.45) is 0 Å². The molecule has 4 aromatic rings. The summed E-state index contributed by atoms with van der Waals surface area (Å²) in [4.78, 5) is 43.9. The van der Waals surface area contributed by atoms with Crippen LogP contribution in [-0.2, 0) is 9.53 Å². The van der Waals surface area contributed by atoms with Crippen LogP contribution >= 0.6 is 0 Å². The lowest BCUT2D eigenvalue weighted by atomic mass is 10.0. The molecule has 2 heterocycles. The number of nitro groups is 1. The Morgan fingerprint density at radius 3 is 2.56 bits per heavy atom. The largest absolute Gasteiger partial charge is 0.452 e. The molecular weight excluding hydrogens is 412 g/mol. The van der Waals surface area contributed by atoms with E-state index in [-0.39, 0.29) is 16.9 Å². The van der Waals surface area contributed by atoms with Crippen molar-refractivity contribution in [1.29, 1.82) is 0 Å². The molecule has 0 atom stereocenters. The predicted octanol–water partition coefficient (Wildman–Crippen LogP) is 4.00. The van der Waals surface area contributed by atoms with Crippen LogP contribution in [0.5, 0.6) is 0 Å². The van der Waals surface area contributed by atoms with E-state index >= 15 is 0 Å². The number of anilines is 1. The molecule has 1 N–H and O–H groups in total. The quantitative estimate of drug-likeness (QED) is 0.280. The first-order valence-corrected chi connectivity index (χ1v) is 9.53. The van der Waals surface area contributed by atoms with Crippen LogP contribution in [0, 0.1) is 10.1 Å². The Hall–Kier alpha value is -4.66. The summed E-state index contributed by atoms with van der Waals surface area (Å²) in [7, 11) is 0. The Kier molecular flexibility index (Phi) is 5.80. The van der Waals surface area contributed by atoms with E-state index in [1.807, 2.05) is 6.07 Å². The van der Waals surface area contributed by atoms with Gasteiger partial charge >= 0.3 is 5.97 Å². The van der Waals surface area contributed by atoms with E-state index in [1.54, 1.807) is 48.8 Å². The first-order valence-electron chi connectivity index (χ1n) is 9.53. The van der Waals surface area contributed by atoms with Crippen molar-refractivity contribution in [3.05, 3.63) is 94.8 Å². The van der Waals surface area contributed by atoms with Crippen molar-refractivity contribution < 1.29 is 19.2 Å².